The lowest BCUT2D eigenvalue weighted by Gasteiger charge is -2.09. The topological polar surface area (TPSA) is 48.1 Å². The van der Waals surface area contributed by atoms with Crippen LogP contribution >= 0.6 is 11.6 Å². The van der Waals surface area contributed by atoms with Crippen LogP contribution in [0.4, 0.5) is 0 Å². The molecule has 0 atom stereocenters. The van der Waals surface area contributed by atoms with E-state index in [0.717, 1.165) is 17.0 Å². The summed E-state index contributed by atoms with van der Waals surface area (Å²) in [6.45, 7) is 2.32. The van der Waals surface area contributed by atoms with E-state index in [-0.39, 0.29) is 0 Å². The van der Waals surface area contributed by atoms with Crippen molar-refractivity contribution in [1.82, 2.24) is 4.98 Å². The van der Waals surface area contributed by atoms with E-state index < -0.39 is 0 Å². The fourth-order valence-corrected chi connectivity index (χ4v) is 1.71. The quantitative estimate of drug-likeness (QED) is 0.907. The molecule has 0 bridgehead atoms. The lowest BCUT2D eigenvalue weighted by molar-refractivity contribution is 0.475. The molecule has 2 rings (SSSR count). The van der Waals surface area contributed by atoms with Crippen LogP contribution in [-0.2, 0) is 6.54 Å². The van der Waals surface area contributed by atoms with Gasteiger partial charge in [0.1, 0.15) is 11.5 Å². The third-order valence-electron chi connectivity index (χ3n) is 2.43. The molecule has 0 saturated heterocycles. The van der Waals surface area contributed by atoms with Crippen molar-refractivity contribution >= 4 is 11.6 Å². The molecule has 0 fully saturated rings. The second kappa shape index (κ2) is 5.17. The summed E-state index contributed by atoms with van der Waals surface area (Å²) in [5.74, 6) is 1.41. The fraction of sp³-hybridized carbons (Fsp3) is 0.154. The van der Waals surface area contributed by atoms with E-state index in [1.54, 1.807) is 12.3 Å². The average Bonchev–Trinajstić information content (AvgIpc) is 2.32. The van der Waals surface area contributed by atoms with Gasteiger partial charge in [0.25, 0.3) is 0 Å². The van der Waals surface area contributed by atoms with E-state index >= 15 is 0 Å². The number of hydrogen-bond donors (Lipinski definition) is 1. The van der Waals surface area contributed by atoms with Gasteiger partial charge in [0.2, 0.25) is 0 Å². The maximum atomic E-state index is 6.06. The number of benzene rings is 1. The van der Waals surface area contributed by atoms with E-state index in [9.17, 15) is 0 Å². The van der Waals surface area contributed by atoms with Crippen molar-refractivity contribution in [1.29, 1.82) is 0 Å². The summed E-state index contributed by atoms with van der Waals surface area (Å²) in [6.07, 6.45) is 1.73. The van der Waals surface area contributed by atoms with E-state index in [4.69, 9.17) is 22.1 Å². The molecule has 1 aromatic heterocycles. The third kappa shape index (κ3) is 2.75. The summed E-state index contributed by atoms with van der Waals surface area (Å²) in [4.78, 5) is 4.15. The Kier molecular flexibility index (Phi) is 3.61. The van der Waals surface area contributed by atoms with Gasteiger partial charge in [0.05, 0.1) is 5.69 Å². The van der Waals surface area contributed by atoms with Crippen molar-refractivity contribution in [3.8, 4) is 11.5 Å². The van der Waals surface area contributed by atoms with Crippen molar-refractivity contribution in [3.05, 3.63) is 52.8 Å². The van der Waals surface area contributed by atoms with Crippen molar-refractivity contribution < 1.29 is 4.74 Å². The number of pyridine rings is 1. The van der Waals surface area contributed by atoms with E-state index in [1.165, 1.54) is 0 Å². The predicted octanol–water partition coefficient (Wildman–Crippen LogP) is 3.29. The maximum Gasteiger partial charge on any atom is 0.148 e. The first kappa shape index (κ1) is 11.9. The van der Waals surface area contributed by atoms with Crippen molar-refractivity contribution in [3.63, 3.8) is 0 Å². The minimum Gasteiger partial charge on any atom is -0.455 e. The van der Waals surface area contributed by atoms with Gasteiger partial charge in [-0.05, 0) is 36.8 Å². The normalized spacial score (nSPS) is 10.3. The summed E-state index contributed by atoms with van der Waals surface area (Å²) < 4.78 is 5.70. The molecule has 17 heavy (non-hydrogen) atoms. The van der Waals surface area contributed by atoms with Gasteiger partial charge in [-0.3, -0.25) is 4.98 Å². The number of aryl methyl sites for hydroxylation is 1. The average molecular weight is 249 g/mol. The summed E-state index contributed by atoms with van der Waals surface area (Å²) in [7, 11) is 0. The number of nitrogens with two attached hydrogens (primary N) is 1. The Hall–Kier alpha value is -1.58. The van der Waals surface area contributed by atoms with Crippen LogP contribution in [0, 0.1) is 6.92 Å². The Balaban J connectivity index is 2.25. The predicted molar refractivity (Wildman–Crippen MR) is 68.4 cm³/mol. The molecule has 0 radical (unpaired) electrons. The first-order valence-electron chi connectivity index (χ1n) is 5.28. The zero-order valence-corrected chi connectivity index (χ0v) is 10.2. The van der Waals surface area contributed by atoms with E-state index in [0.29, 0.717) is 17.3 Å². The lowest BCUT2D eigenvalue weighted by atomic mass is 10.2. The second-order valence-electron chi connectivity index (χ2n) is 3.65. The van der Waals surface area contributed by atoms with Crippen LogP contribution in [-0.4, -0.2) is 4.98 Å². The molecule has 0 unspecified atom stereocenters. The smallest absolute Gasteiger partial charge is 0.148 e. The highest BCUT2D eigenvalue weighted by atomic mass is 35.5. The highest BCUT2D eigenvalue weighted by Gasteiger charge is 2.04. The number of hydrogen-bond acceptors (Lipinski definition) is 3. The Morgan fingerprint density at radius 1 is 1.35 bits per heavy atom. The van der Waals surface area contributed by atoms with Gasteiger partial charge >= 0.3 is 0 Å². The van der Waals surface area contributed by atoms with Crippen molar-refractivity contribution in [2.75, 3.05) is 0 Å². The van der Waals surface area contributed by atoms with Gasteiger partial charge in [-0.15, -0.1) is 0 Å². The first-order valence-corrected chi connectivity index (χ1v) is 5.66. The Morgan fingerprint density at radius 2 is 2.18 bits per heavy atom. The summed E-state index contributed by atoms with van der Waals surface area (Å²) in [6, 6.07) is 9.17. The Labute approximate surface area is 105 Å². The standard InChI is InChI=1S/C13H13ClN2O/c1-9-13(3-2-6-16-9)17-11-5-4-10(8-15)12(14)7-11/h2-7H,8,15H2,1H3. The number of ether oxygens (including phenoxy) is 1. The maximum absolute atomic E-state index is 6.06. The van der Waals surface area contributed by atoms with Gasteiger partial charge in [0.15, 0.2) is 0 Å². The van der Waals surface area contributed by atoms with Gasteiger partial charge in [-0.25, -0.2) is 0 Å². The summed E-state index contributed by atoms with van der Waals surface area (Å²) in [5.41, 5.74) is 7.29. The van der Waals surface area contributed by atoms with Crippen molar-refractivity contribution in [2.24, 2.45) is 5.73 Å². The minimum atomic E-state index is 0.422. The van der Waals surface area contributed by atoms with Crippen LogP contribution in [0.1, 0.15) is 11.3 Å². The molecule has 0 aliphatic rings. The highest BCUT2D eigenvalue weighted by molar-refractivity contribution is 6.31. The first-order chi connectivity index (χ1) is 8.20. The summed E-state index contributed by atoms with van der Waals surface area (Å²) in [5, 5.41) is 0.617. The number of halogens is 1. The molecule has 3 nitrogen and oxygen atoms in total. The molecule has 0 spiro atoms. The molecular weight excluding hydrogens is 236 g/mol. The minimum absolute atomic E-state index is 0.422. The van der Waals surface area contributed by atoms with Crippen LogP contribution in [0.25, 0.3) is 0 Å². The second-order valence-corrected chi connectivity index (χ2v) is 4.05. The molecule has 2 N–H and O–H groups in total. The van der Waals surface area contributed by atoms with Crippen molar-refractivity contribution in [2.45, 2.75) is 13.5 Å². The number of nitrogens with zero attached hydrogens (tertiary/aromatic N) is 1. The Bertz CT molecular complexity index is 529. The van der Waals surface area contributed by atoms with Crippen LogP contribution < -0.4 is 10.5 Å². The molecule has 88 valence electrons. The summed E-state index contributed by atoms with van der Waals surface area (Å²) >= 11 is 6.06. The van der Waals surface area contributed by atoms with Crippen LogP contribution in [0.5, 0.6) is 11.5 Å². The molecule has 1 aromatic carbocycles. The number of rotatable bonds is 3. The molecule has 0 saturated carbocycles. The molecule has 1 heterocycles. The number of aromatic nitrogens is 1. The molecule has 2 aromatic rings. The lowest BCUT2D eigenvalue weighted by Crippen LogP contribution is -1.97. The molecule has 0 amide bonds. The molecule has 4 heteroatoms. The third-order valence-corrected chi connectivity index (χ3v) is 2.78. The van der Waals surface area contributed by atoms with Gasteiger partial charge in [-0.2, -0.15) is 0 Å². The van der Waals surface area contributed by atoms with E-state index in [2.05, 4.69) is 4.98 Å². The van der Waals surface area contributed by atoms with Crippen LogP contribution in [0.3, 0.4) is 0 Å². The zero-order valence-electron chi connectivity index (χ0n) is 9.48. The SMILES string of the molecule is Cc1ncccc1Oc1ccc(CN)c(Cl)c1. The van der Waals surface area contributed by atoms with E-state index in [1.807, 2.05) is 31.2 Å². The molecule has 0 aliphatic carbocycles. The van der Waals surface area contributed by atoms with Gasteiger partial charge in [-0.1, -0.05) is 17.7 Å². The zero-order chi connectivity index (χ0) is 12.3. The van der Waals surface area contributed by atoms with Gasteiger partial charge < -0.3 is 10.5 Å². The van der Waals surface area contributed by atoms with Gasteiger partial charge in [0, 0.05) is 17.8 Å². The Morgan fingerprint density at radius 3 is 2.82 bits per heavy atom. The monoisotopic (exact) mass is 248 g/mol. The van der Waals surface area contributed by atoms with Crippen LogP contribution in [0.2, 0.25) is 5.02 Å². The highest BCUT2D eigenvalue weighted by Crippen LogP contribution is 2.27. The molecular formula is C13H13ClN2O. The largest absolute Gasteiger partial charge is 0.455 e. The fourth-order valence-electron chi connectivity index (χ4n) is 1.46. The van der Waals surface area contributed by atoms with Crippen LogP contribution in [0.15, 0.2) is 36.5 Å². The molecule has 0 aliphatic heterocycles.